The quantitative estimate of drug-likeness (QED) is 0.391. The van der Waals surface area contributed by atoms with Gasteiger partial charge < -0.3 is 19.1 Å². The zero-order chi connectivity index (χ0) is 21.2. The average Bonchev–Trinajstić information content (AvgIpc) is 2.70. The van der Waals surface area contributed by atoms with Crippen LogP contribution < -0.4 is 15.0 Å². The summed E-state index contributed by atoms with van der Waals surface area (Å²) in [6.07, 6.45) is 8.83. The molecule has 1 N–H and O–H groups in total. The largest absolute Gasteiger partial charge is 0.504 e. The molecule has 1 aromatic heterocycles. The maximum Gasteiger partial charge on any atom is 0.308 e. The molecule has 29 heavy (non-hydrogen) atoms. The molecule has 6 nitrogen and oxygen atoms in total. The molecule has 6 heteroatoms. The van der Waals surface area contributed by atoms with Crippen molar-refractivity contribution in [2.45, 2.75) is 78.7 Å². The van der Waals surface area contributed by atoms with E-state index in [2.05, 4.69) is 6.92 Å². The first kappa shape index (κ1) is 22.8. The van der Waals surface area contributed by atoms with E-state index in [9.17, 15) is 14.7 Å². The van der Waals surface area contributed by atoms with Gasteiger partial charge in [0.25, 0.3) is 5.56 Å². The molecular formula is C23H33NO5. The number of carbonyl (C=O) groups is 1. The van der Waals surface area contributed by atoms with Crippen LogP contribution in [0, 0.1) is 0 Å². The van der Waals surface area contributed by atoms with Crippen molar-refractivity contribution in [1.82, 2.24) is 4.57 Å². The average molecular weight is 404 g/mol. The minimum absolute atomic E-state index is 0.310. The maximum atomic E-state index is 12.8. The molecule has 0 fully saturated rings. The Kier molecular flexibility index (Phi) is 9.03. The van der Waals surface area contributed by atoms with Crippen LogP contribution in [0.3, 0.4) is 0 Å². The van der Waals surface area contributed by atoms with Crippen molar-refractivity contribution in [3.63, 3.8) is 0 Å². The Morgan fingerprint density at radius 1 is 1.03 bits per heavy atom. The lowest BCUT2D eigenvalue weighted by Crippen LogP contribution is -2.24. The van der Waals surface area contributed by atoms with Gasteiger partial charge in [-0.15, -0.1) is 0 Å². The lowest BCUT2D eigenvalue weighted by atomic mass is 10.1. The van der Waals surface area contributed by atoms with Crippen molar-refractivity contribution in [3.05, 3.63) is 28.6 Å². The van der Waals surface area contributed by atoms with Crippen LogP contribution in [0.1, 0.15) is 72.1 Å². The van der Waals surface area contributed by atoms with E-state index in [1.807, 2.05) is 6.92 Å². The number of pyridine rings is 1. The monoisotopic (exact) mass is 403 g/mol. The standard InChI is InChI=1S/C23H33NO5/c1-4-6-8-9-10-11-15-28-18-12-13-19-20(16-18)24(14-7-5-2)23(27)22(21(19)26)29-17(3)25/h12-13,16,26H,4-11,14-15H2,1-3H3. The number of fused-ring (bicyclic) bond motifs is 1. The van der Waals surface area contributed by atoms with E-state index in [1.54, 1.807) is 22.8 Å². The summed E-state index contributed by atoms with van der Waals surface area (Å²) in [6.45, 7) is 6.54. The van der Waals surface area contributed by atoms with Gasteiger partial charge in [-0.2, -0.15) is 0 Å². The van der Waals surface area contributed by atoms with Gasteiger partial charge in [-0.05, 0) is 25.0 Å². The second kappa shape index (κ2) is 11.5. The van der Waals surface area contributed by atoms with Crippen LogP contribution in [0.25, 0.3) is 10.9 Å². The molecule has 0 bridgehead atoms. The number of aromatic hydroxyl groups is 1. The molecule has 0 radical (unpaired) electrons. The third kappa shape index (κ3) is 6.24. The first-order chi connectivity index (χ1) is 14.0. The summed E-state index contributed by atoms with van der Waals surface area (Å²) in [5.41, 5.74) is 0.0732. The molecule has 0 unspecified atom stereocenters. The molecular weight excluding hydrogens is 370 g/mol. The van der Waals surface area contributed by atoms with Gasteiger partial charge in [0.1, 0.15) is 5.75 Å². The van der Waals surface area contributed by atoms with Gasteiger partial charge in [0.05, 0.1) is 12.1 Å². The Morgan fingerprint density at radius 2 is 1.72 bits per heavy atom. The number of esters is 1. The first-order valence-electron chi connectivity index (χ1n) is 10.7. The Morgan fingerprint density at radius 3 is 2.41 bits per heavy atom. The van der Waals surface area contributed by atoms with E-state index in [1.165, 1.54) is 32.6 Å². The van der Waals surface area contributed by atoms with E-state index >= 15 is 0 Å². The molecule has 0 spiro atoms. The number of nitrogens with zero attached hydrogens (tertiary/aromatic N) is 1. The highest BCUT2D eigenvalue weighted by Gasteiger charge is 2.19. The number of benzene rings is 1. The molecule has 1 heterocycles. The van der Waals surface area contributed by atoms with E-state index in [0.717, 1.165) is 25.7 Å². The summed E-state index contributed by atoms with van der Waals surface area (Å²) in [5, 5.41) is 11.0. The van der Waals surface area contributed by atoms with Gasteiger partial charge in [0.15, 0.2) is 5.75 Å². The fourth-order valence-corrected chi connectivity index (χ4v) is 3.33. The normalized spacial score (nSPS) is 11.0. The molecule has 1 aromatic carbocycles. The van der Waals surface area contributed by atoms with Crippen molar-refractivity contribution >= 4 is 16.9 Å². The zero-order valence-corrected chi connectivity index (χ0v) is 17.8. The molecule has 2 rings (SSSR count). The molecule has 0 aliphatic rings. The predicted molar refractivity (Wildman–Crippen MR) is 115 cm³/mol. The molecule has 0 aliphatic heterocycles. The van der Waals surface area contributed by atoms with Crippen LogP contribution in [0.2, 0.25) is 0 Å². The number of hydrogen-bond acceptors (Lipinski definition) is 5. The zero-order valence-electron chi connectivity index (χ0n) is 17.8. The lowest BCUT2D eigenvalue weighted by molar-refractivity contribution is -0.132. The molecule has 0 amide bonds. The van der Waals surface area contributed by atoms with E-state index < -0.39 is 11.5 Å². The molecule has 0 saturated carbocycles. The summed E-state index contributed by atoms with van der Waals surface area (Å²) >= 11 is 0. The lowest BCUT2D eigenvalue weighted by Gasteiger charge is -2.15. The van der Waals surface area contributed by atoms with Crippen molar-refractivity contribution in [2.75, 3.05) is 6.61 Å². The fourth-order valence-electron chi connectivity index (χ4n) is 3.33. The van der Waals surface area contributed by atoms with Gasteiger partial charge >= 0.3 is 5.97 Å². The van der Waals surface area contributed by atoms with E-state index in [-0.39, 0.29) is 11.5 Å². The molecule has 2 aromatic rings. The van der Waals surface area contributed by atoms with E-state index in [4.69, 9.17) is 9.47 Å². The van der Waals surface area contributed by atoms with Gasteiger partial charge in [0.2, 0.25) is 5.75 Å². The molecule has 0 aliphatic carbocycles. The minimum atomic E-state index is -0.641. The van der Waals surface area contributed by atoms with Crippen LogP contribution in [-0.2, 0) is 11.3 Å². The minimum Gasteiger partial charge on any atom is -0.504 e. The van der Waals surface area contributed by atoms with Crippen LogP contribution in [0.15, 0.2) is 23.0 Å². The van der Waals surface area contributed by atoms with Crippen LogP contribution in [0.4, 0.5) is 0 Å². The highest BCUT2D eigenvalue weighted by Crippen LogP contribution is 2.33. The SMILES string of the molecule is CCCCCCCCOc1ccc2c(O)c(OC(C)=O)c(=O)n(CCCC)c2c1. The van der Waals surface area contributed by atoms with Gasteiger partial charge in [-0.1, -0.05) is 52.4 Å². The molecule has 160 valence electrons. The number of aryl methyl sites for hydroxylation is 1. The van der Waals surface area contributed by atoms with Crippen molar-refractivity contribution in [3.8, 4) is 17.2 Å². The van der Waals surface area contributed by atoms with E-state index in [0.29, 0.717) is 29.8 Å². The Hall–Kier alpha value is -2.50. The number of rotatable bonds is 12. The van der Waals surface area contributed by atoms with Gasteiger partial charge in [0, 0.05) is 24.9 Å². The summed E-state index contributed by atoms with van der Waals surface area (Å²) in [4.78, 5) is 24.2. The second-order valence-corrected chi connectivity index (χ2v) is 7.38. The van der Waals surface area contributed by atoms with Crippen LogP contribution >= 0.6 is 0 Å². The highest BCUT2D eigenvalue weighted by molar-refractivity contribution is 5.89. The topological polar surface area (TPSA) is 77.8 Å². The van der Waals surface area contributed by atoms with Crippen molar-refractivity contribution < 1.29 is 19.4 Å². The number of unbranched alkanes of at least 4 members (excludes halogenated alkanes) is 6. The fraction of sp³-hybridized carbons (Fsp3) is 0.565. The Labute approximate surface area is 172 Å². The number of hydrogen-bond donors (Lipinski definition) is 1. The summed E-state index contributed by atoms with van der Waals surface area (Å²) < 4.78 is 12.4. The first-order valence-corrected chi connectivity index (χ1v) is 10.7. The number of ether oxygens (including phenoxy) is 2. The van der Waals surface area contributed by atoms with Gasteiger partial charge in [-0.3, -0.25) is 9.59 Å². The Balaban J connectivity index is 2.24. The Bertz CT molecular complexity index is 872. The van der Waals surface area contributed by atoms with Crippen molar-refractivity contribution in [1.29, 1.82) is 0 Å². The predicted octanol–water partition coefficient (Wildman–Crippen LogP) is 5.17. The second-order valence-electron chi connectivity index (χ2n) is 7.38. The number of carbonyl (C=O) groups excluding carboxylic acids is 1. The van der Waals surface area contributed by atoms with Crippen LogP contribution in [0.5, 0.6) is 17.2 Å². The summed E-state index contributed by atoms with van der Waals surface area (Å²) in [7, 11) is 0. The molecule has 0 saturated heterocycles. The highest BCUT2D eigenvalue weighted by atomic mass is 16.5. The third-order valence-electron chi connectivity index (χ3n) is 4.92. The molecule has 0 atom stereocenters. The van der Waals surface area contributed by atoms with Gasteiger partial charge in [-0.25, -0.2) is 0 Å². The number of aromatic nitrogens is 1. The summed E-state index contributed by atoms with van der Waals surface area (Å²) in [6, 6.07) is 5.25. The third-order valence-corrected chi connectivity index (χ3v) is 4.92. The van der Waals surface area contributed by atoms with Crippen molar-refractivity contribution in [2.24, 2.45) is 0 Å². The van der Waals surface area contributed by atoms with Crippen LogP contribution in [-0.4, -0.2) is 22.2 Å². The summed E-state index contributed by atoms with van der Waals surface area (Å²) in [5.74, 6) is -0.606. The maximum absolute atomic E-state index is 12.8. The smallest absolute Gasteiger partial charge is 0.308 e.